The Morgan fingerprint density at radius 1 is 1.59 bits per heavy atom. The fraction of sp³-hybridized carbons (Fsp3) is 0.417. The first-order valence-corrected chi connectivity index (χ1v) is 6.32. The van der Waals surface area contributed by atoms with Gasteiger partial charge in [-0.15, -0.1) is 0 Å². The predicted octanol–water partition coefficient (Wildman–Crippen LogP) is 2.67. The van der Waals surface area contributed by atoms with E-state index < -0.39 is 5.54 Å². The van der Waals surface area contributed by atoms with Crippen LogP contribution in [0.15, 0.2) is 22.7 Å². The molecule has 0 saturated carbocycles. The molecule has 1 heterocycles. The van der Waals surface area contributed by atoms with Crippen molar-refractivity contribution in [3.05, 3.63) is 28.5 Å². The van der Waals surface area contributed by atoms with Crippen LogP contribution in [0, 0.1) is 5.82 Å². The Morgan fingerprint density at radius 3 is 2.94 bits per heavy atom. The quantitative estimate of drug-likeness (QED) is 0.882. The summed E-state index contributed by atoms with van der Waals surface area (Å²) in [4.78, 5) is 12.1. The number of halogens is 2. The normalized spacial score (nSPS) is 23.7. The van der Waals surface area contributed by atoms with Gasteiger partial charge in [-0.05, 0) is 60.4 Å². The van der Waals surface area contributed by atoms with E-state index in [0.717, 1.165) is 19.4 Å². The van der Waals surface area contributed by atoms with E-state index in [-0.39, 0.29) is 11.7 Å². The lowest BCUT2D eigenvalue weighted by Gasteiger charge is -2.23. The SMILES string of the molecule is CC1(C(=O)Nc2ccc(F)c(Br)c2)CCCN1. The maximum atomic E-state index is 13.0. The van der Waals surface area contributed by atoms with Gasteiger partial charge in [0.05, 0.1) is 10.0 Å². The van der Waals surface area contributed by atoms with Crippen LogP contribution in [0.1, 0.15) is 19.8 Å². The zero-order valence-corrected chi connectivity index (χ0v) is 11.1. The molecule has 92 valence electrons. The van der Waals surface area contributed by atoms with E-state index in [0.29, 0.717) is 10.2 Å². The van der Waals surface area contributed by atoms with Crippen molar-refractivity contribution < 1.29 is 9.18 Å². The summed E-state index contributed by atoms with van der Waals surface area (Å²) in [7, 11) is 0. The highest BCUT2D eigenvalue weighted by atomic mass is 79.9. The van der Waals surface area contributed by atoms with Gasteiger partial charge in [-0.2, -0.15) is 0 Å². The number of benzene rings is 1. The molecule has 1 amide bonds. The van der Waals surface area contributed by atoms with E-state index in [1.165, 1.54) is 6.07 Å². The molecule has 0 radical (unpaired) electrons. The molecule has 0 aromatic heterocycles. The highest BCUT2D eigenvalue weighted by Gasteiger charge is 2.35. The van der Waals surface area contributed by atoms with Gasteiger partial charge in [-0.25, -0.2) is 4.39 Å². The first kappa shape index (κ1) is 12.5. The van der Waals surface area contributed by atoms with E-state index in [9.17, 15) is 9.18 Å². The van der Waals surface area contributed by atoms with Crippen molar-refractivity contribution in [3.8, 4) is 0 Å². The molecule has 1 saturated heterocycles. The van der Waals surface area contributed by atoms with Gasteiger partial charge in [-0.3, -0.25) is 4.79 Å². The zero-order chi connectivity index (χ0) is 12.5. The molecule has 1 aliphatic heterocycles. The Hall–Kier alpha value is -0.940. The molecular formula is C12H14BrFN2O. The zero-order valence-electron chi connectivity index (χ0n) is 9.52. The summed E-state index contributed by atoms with van der Waals surface area (Å²) >= 11 is 3.09. The lowest BCUT2D eigenvalue weighted by atomic mass is 9.99. The number of amides is 1. The third-order valence-electron chi connectivity index (χ3n) is 3.05. The average Bonchev–Trinajstić information content (AvgIpc) is 2.72. The molecule has 0 aliphatic carbocycles. The van der Waals surface area contributed by atoms with Crippen LogP contribution in [-0.2, 0) is 4.79 Å². The van der Waals surface area contributed by atoms with Crippen molar-refractivity contribution in [2.45, 2.75) is 25.3 Å². The number of anilines is 1. The van der Waals surface area contributed by atoms with E-state index in [2.05, 4.69) is 26.6 Å². The van der Waals surface area contributed by atoms with Crippen LogP contribution in [-0.4, -0.2) is 18.0 Å². The average molecular weight is 301 g/mol. The maximum absolute atomic E-state index is 13.0. The summed E-state index contributed by atoms with van der Waals surface area (Å²) in [6, 6.07) is 4.44. The minimum Gasteiger partial charge on any atom is -0.324 e. The second-order valence-corrected chi connectivity index (χ2v) is 5.30. The second-order valence-electron chi connectivity index (χ2n) is 4.45. The number of hydrogen-bond acceptors (Lipinski definition) is 2. The number of carbonyl (C=O) groups is 1. The summed E-state index contributed by atoms with van der Waals surface area (Å²) in [5.74, 6) is -0.415. The van der Waals surface area contributed by atoms with Crippen molar-refractivity contribution in [2.24, 2.45) is 0 Å². The predicted molar refractivity (Wildman–Crippen MR) is 68.4 cm³/mol. The molecule has 3 nitrogen and oxygen atoms in total. The molecule has 1 aromatic carbocycles. The van der Waals surface area contributed by atoms with Crippen molar-refractivity contribution >= 4 is 27.5 Å². The van der Waals surface area contributed by atoms with Gasteiger partial charge >= 0.3 is 0 Å². The van der Waals surface area contributed by atoms with Gasteiger partial charge in [0.2, 0.25) is 5.91 Å². The molecule has 1 fully saturated rings. The highest BCUT2D eigenvalue weighted by Crippen LogP contribution is 2.23. The Morgan fingerprint density at radius 2 is 2.35 bits per heavy atom. The minimum absolute atomic E-state index is 0.0755. The summed E-state index contributed by atoms with van der Waals surface area (Å²) in [5, 5.41) is 5.98. The minimum atomic E-state index is -0.513. The molecule has 2 N–H and O–H groups in total. The molecule has 17 heavy (non-hydrogen) atoms. The Balaban J connectivity index is 2.10. The van der Waals surface area contributed by atoms with Gasteiger partial charge in [0, 0.05) is 5.69 Å². The van der Waals surface area contributed by atoms with Gasteiger partial charge in [0.1, 0.15) is 5.82 Å². The van der Waals surface area contributed by atoms with Crippen LogP contribution in [0.3, 0.4) is 0 Å². The monoisotopic (exact) mass is 300 g/mol. The Labute approximate surface area is 108 Å². The maximum Gasteiger partial charge on any atom is 0.244 e. The van der Waals surface area contributed by atoms with Gasteiger partial charge < -0.3 is 10.6 Å². The number of hydrogen-bond donors (Lipinski definition) is 2. The molecule has 1 atom stereocenters. The highest BCUT2D eigenvalue weighted by molar-refractivity contribution is 9.10. The molecular weight excluding hydrogens is 287 g/mol. The first-order valence-electron chi connectivity index (χ1n) is 5.53. The van der Waals surface area contributed by atoms with Crippen LogP contribution in [0.5, 0.6) is 0 Å². The Bertz CT molecular complexity index is 444. The Kier molecular flexibility index (Phi) is 3.49. The van der Waals surface area contributed by atoms with E-state index >= 15 is 0 Å². The topological polar surface area (TPSA) is 41.1 Å². The van der Waals surface area contributed by atoms with Gasteiger partial charge in [0.25, 0.3) is 0 Å². The molecule has 5 heteroatoms. The van der Waals surface area contributed by atoms with Crippen LogP contribution in [0.4, 0.5) is 10.1 Å². The van der Waals surface area contributed by atoms with Crippen molar-refractivity contribution in [3.63, 3.8) is 0 Å². The second kappa shape index (κ2) is 4.74. The van der Waals surface area contributed by atoms with Crippen molar-refractivity contribution in [1.29, 1.82) is 0 Å². The smallest absolute Gasteiger partial charge is 0.244 e. The number of rotatable bonds is 2. The summed E-state index contributed by atoms with van der Waals surface area (Å²) < 4.78 is 13.4. The first-order chi connectivity index (χ1) is 8.01. The van der Waals surface area contributed by atoms with Crippen molar-refractivity contribution in [1.82, 2.24) is 5.32 Å². The standard InChI is InChI=1S/C12H14BrFN2O/c1-12(5-2-6-15-12)11(17)16-8-3-4-10(14)9(13)7-8/h3-4,7,15H,2,5-6H2,1H3,(H,16,17). The van der Waals surface area contributed by atoms with E-state index in [1.807, 2.05) is 6.92 Å². The number of nitrogens with one attached hydrogen (secondary N) is 2. The largest absolute Gasteiger partial charge is 0.324 e. The molecule has 0 spiro atoms. The molecule has 1 unspecified atom stereocenters. The molecule has 2 rings (SSSR count). The number of carbonyl (C=O) groups excluding carboxylic acids is 1. The fourth-order valence-electron chi connectivity index (χ4n) is 1.93. The van der Waals surface area contributed by atoms with Crippen LogP contribution >= 0.6 is 15.9 Å². The summed E-state index contributed by atoms with van der Waals surface area (Å²) in [6.07, 6.45) is 1.82. The van der Waals surface area contributed by atoms with Crippen LogP contribution in [0.25, 0.3) is 0 Å². The summed E-state index contributed by atoms with van der Waals surface area (Å²) in [6.45, 7) is 2.74. The van der Waals surface area contributed by atoms with E-state index in [4.69, 9.17) is 0 Å². The van der Waals surface area contributed by atoms with Crippen LogP contribution in [0.2, 0.25) is 0 Å². The van der Waals surface area contributed by atoms with Crippen molar-refractivity contribution in [2.75, 3.05) is 11.9 Å². The van der Waals surface area contributed by atoms with Gasteiger partial charge in [-0.1, -0.05) is 0 Å². The molecule has 1 aromatic rings. The fourth-order valence-corrected chi connectivity index (χ4v) is 2.31. The lowest BCUT2D eigenvalue weighted by molar-refractivity contribution is -0.121. The third-order valence-corrected chi connectivity index (χ3v) is 3.66. The van der Waals surface area contributed by atoms with E-state index in [1.54, 1.807) is 12.1 Å². The lowest BCUT2D eigenvalue weighted by Crippen LogP contribution is -2.47. The van der Waals surface area contributed by atoms with Gasteiger partial charge in [0.15, 0.2) is 0 Å². The third kappa shape index (κ3) is 2.66. The molecule has 1 aliphatic rings. The summed E-state index contributed by atoms with van der Waals surface area (Å²) in [5.41, 5.74) is 0.0825. The van der Waals surface area contributed by atoms with Crippen LogP contribution < -0.4 is 10.6 Å². The molecule has 0 bridgehead atoms.